The van der Waals surface area contributed by atoms with Crippen LogP contribution in [-0.2, 0) is 5.41 Å². The summed E-state index contributed by atoms with van der Waals surface area (Å²) < 4.78 is 13.2. The van der Waals surface area contributed by atoms with Gasteiger partial charge in [0.2, 0.25) is 0 Å². The molecule has 1 saturated heterocycles. The molecule has 0 unspecified atom stereocenters. The molecule has 1 aliphatic heterocycles. The number of hydrogen-bond acceptors (Lipinski definition) is 5. The molecule has 0 N–H and O–H groups in total. The Morgan fingerprint density at radius 1 is 1.04 bits per heavy atom. The van der Waals surface area contributed by atoms with Crippen LogP contribution in [0.3, 0.4) is 0 Å². The van der Waals surface area contributed by atoms with Gasteiger partial charge in [-0.15, -0.1) is 5.10 Å². The summed E-state index contributed by atoms with van der Waals surface area (Å²) in [6.45, 7) is 3.93. The number of halogens is 1. The van der Waals surface area contributed by atoms with Gasteiger partial charge in [0.05, 0.1) is 11.5 Å². The molecule has 1 aromatic carbocycles. The van der Waals surface area contributed by atoms with Gasteiger partial charge < -0.3 is 4.90 Å². The number of nitriles is 1. The molecule has 2 heterocycles. The second-order valence-corrected chi connectivity index (χ2v) is 7.54. The van der Waals surface area contributed by atoms with E-state index in [2.05, 4.69) is 26.1 Å². The third kappa shape index (κ3) is 3.65. The summed E-state index contributed by atoms with van der Waals surface area (Å²) in [7, 11) is 0. The molecule has 1 saturated carbocycles. The third-order valence-electron chi connectivity index (χ3n) is 6.13. The Bertz CT molecular complexity index is 786. The lowest BCUT2D eigenvalue weighted by Crippen LogP contribution is -2.52. The summed E-state index contributed by atoms with van der Waals surface area (Å²) in [5.74, 6) is 0.696. The van der Waals surface area contributed by atoms with Crippen molar-refractivity contribution in [3.8, 4) is 6.07 Å². The molecule has 0 atom stereocenters. The van der Waals surface area contributed by atoms with Crippen molar-refractivity contribution >= 4 is 5.82 Å². The maximum Gasteiger partial charge on any atom is 0.151 e. The van der Waals surface area contributed by atoms with E-state index in [1.54, 1.807) is 18.3 Å². The lowest BCUT2D eigenvalue weighted by atomic mass is 9.69. The zero-order valence-corrected chi connectivity index (χ0v) is 15.4. The molecule has 6 heteroatoms. The predicted molar refractivity (Wildman–Crippen MR) is 102 cm³/mol. The summed E-state index contributed by atoms with van der Waals surface area (Å²) in [5.41, 5.74) is 0.489. The highest BCUT2D eigenvalue weighted by Crippen LogP contribution is 2.40. The Morgan fingerprint density at radius 2 is 1.74 bits per heavy atom. The van der Waals surface area contributed by atoms with Crippen LogP contribution in [0.15, 0.2) is 42.6 Å². The van der Waals surface area contributed by atoms with Crippen LogP contribution >= 0.6 is 0 Å². The molecule has 4 rings (SSSR count). The van der Waals surface area contributed by atoms with Crippen molar-refractivity contribution in [2.45, 2.75) is 37.1 Å². The normalized spacial score (nSPS) is 26.5. The first-order valence-electron chi connectivity index (χ1n) is 9.64. The minimum atomic E-state index is -0.467. The summed E-state index contributed by atoms with van der Waals surface area (Å²) in [4.78, 5) is 4.84. The molecule has 0 spiro atoms. The molecule has 2 aliphatic rings. The Morgan fingerprint density at radius 3 is 2.33 bits per heavy atom. The third-order valence-corrected chi connectivity index (χ3v) is 6.13. The SMILES string of the molecule is N#CC1(c2ccc(F)cc2)CCC(N2CCN(c3cccnn3)CC2)CC1. The van der Waals surface area contributed by atoms with Gasteiger partial charge in [-0.25, -0.2) is 4.39 Å². The number of benzene rings is 1. The summed E-state index contributed by atoms with van der Waals surface area (Å²) in [6, 6.07) is 13.5. The van der Waals surface area contributed by atoms with Crippen LogP contribution < -0.4 is 4.90 Å². The molecule has 0 radical (unpaired) electrons. The first kappa shape index (κ1) is 17.9. The molecule has 2 fully saturated rings. The zero-order valence-electron chi connectivity index (χ0n) is 15.4. The van der Waals surface area contributed by atoms with E-state index in [-0.39, 0.29) is 5.82 Å². The first-order chi connectivity index (χ1) is 13.2. The lowest BCUT2D eigenvalue weighted by Gasteiger charge is -2.44. The molecule has 1 aliphatic carbocycles. The lowest BCUT2D eigenvalue weighted by molar-refractivity contribution is 0.130. The van der Waals surface area contributed by atoms with Gasteiger partial charge in [0.1, 0.15) is 5.82 Å². The zero-order chi connectivity index (χ0) is 18.7. The highest BCUT2D eigenvalue weighted by atomic mass is 19.1. The van der Waals surface area contributed by atoms with Crippen molar-refractivity contribution in [2.75, 3.05) is 31.1 Å². The average molecular weight is 365 g/mol. The number of piperazine rings is 1. The standard InChI is InChI=1S/C21H24FN5/c22-18-5-3-17(4-6-18)21(16-23)9-7-19(8-10-21)26-12-14-27(15-13-26)20-2-1-11-24-25-20/h1-6,11,19H,7-10,12-15H2. The van der Waals surface area contributed by atoms with Crippen LogP contribution in [0.25, 0.3) is 0 Å². The van der Waals surface area contributed by atoms with Crippen molar-refractivity contribution in [1.29, 1.82) is 5.26 Å². The second-order valence-electron chi connectivity index (χ2n) is 7.54. The van der Waals surface area contributed by atoms with Gasteiger partial charge in [-0.1, -0.05) is 12.1 Å². The molecule has 0 bridgehead atoms. The summed E-state index contributed by atoms with van der Waals surface area (Å²) >= 11 is 0. The predicted octanol–water partition coefficient (Wildman–Crippen LogP) is 3.14. The smallest absolute Gasteiger partial charge is 0.151 e. The van der Waals surface area contributed by atoms with E-state index in [9.17, 15) is 9.65 Å². The van der Waals surface area contributed by atoms with E-state index < -0.39 is 5.41 Å². The number of nitrogens with zero attached hydrogens (tertiary/aromatic N) is 5. The van der Waals surface area contributed by atoms with Crippen molar-refractivity contribution in [1.82, 2.24) is 15.1 Å². The van der Waals surface area contributed by atoms with Gasteiger partial charge >= 0.3 is 0 Å². The van der Waals surface area contributed by atoms with Gasteiger partial charge in [-0.3, -0.25) is 4.90 Å². The molecule has 27 heavy (non-hydrogen) atoms. The van der Waals surface area contributed by atoms with Gasteiger partial charge in [0, 0.05) is 38.4 Å². The van der Waals surface area contributed by atoms with Crippen LogP contribution in [0, 0.1) is 17.1 Å². The fourth-order valence-electron chi connectivity index (χ4n) is 4.47. The van der Waals surface area contributed by atoms with Crippen molar-refractivity contribution in [3.63, 3.8) is 0 Å². The summed E-state index contributed by atoms with van der Waals surface area (Å²) in [6.07, 6.45) is 5.39. The van der Waals surface area contributed by atoms with E-state index in [1.165, 1.54) is 12.1 Å². The van der Waals surface area contributed by atoms with Gasteiger partial charge in [0.15, 0.2) is 5.82 Å². The number of hydrogen-bond donors (Lipinski definition) is 0. The average Bonchev–Trinajstić information content (AvgIpc) is 2.75. The fourth-order valence-corrected chi connectivity index (χ4v) is 4.47. The van der Waals surface area contributed by atoms with Crippen molar-refractivity contribution in [2.24, 2.45) is 0 Å². The summed E-state index contributed by atoms with van der Waals surface area (Å²) in [5, 5.41) is 18.0. The van der Waals surface area contributed by atoms with Crippen LogP contribution in [0.5, 0.6) is 0 Å². The molecular weight excluding hydrogens is 341 g/mol. The van der Waals surface area contributed by atoms with E-state index in [4.69, 9.17) is 0 Å². The van der Waals surface area contributed by atoms with E-state index in [0.717, 1.165) is 63.2 Å². The minimum absolute atomic E-state index is 0.249. The first-order valence-corrected chi connectivity index (χ1v) is 9.64. The minimum Gasteiger partial charge on any atom is -0.353 e. The van der Waals surface area contributed by atoms with E-state index in [1.807, 2.05) is 12.1 Å². The molecular formula is C21H24FN5. The van der Waals surface area contributed by atoms with Gasteiger partial charge in [-0.05, 0) is 55.5 Å². The molecule has 0 amide bonds. The van der Waals surface area contributed by atoms with Crippen LogP contribution in [-0.4, -0.2) is 47.3 Å². The topological polar surface area (TPSA) is 56.1 Å². The second kappa shape index (κ2) is 7.61. The van der Waals surface area contributed by atoms with E-state index >= 15 is 0 Å². The fraction of sp³-hybridized carbons (Fsp3) is 0.476. The van der Waals surface area contributed by atoms with Crippen molar-refractivity contribution < 1.29 is 4.39 Å². The Balaban J connectivity index is 1.36. The highest BCUT2D eigenvalue weighted by Gasteiger charge is 2.39. The Hall–Kier alpha value is -2.52. The van der Waals surface area contributed by atoms with Crippen molar-refractivity contribution in [3.05, 3.63) is 54.0 Å². The van der Waals surface area contributed by atoms with E-state index in [0.29, 0.717) is 6.04 Å². The maximum absolute atomic E-state index is 13.2. The largest absolute Gasteiger partial charge is 0.353 e. The Kier molecular flexibility index (Phi) is 5.04. The van der Waals surface area contributed by atoms with Crippen LogP contribution in [0.4, 0.5) is 10.2 Å². The Labute approximate surface area is 159 Å². The monoisotopic (exact) mass is 365 g/mol. The van der Waals surface area contributed by atoms with Crippen LogP contribution in [0.1, 0.15) is 31.2 Å². The number of rotatable bonds is 3. The van der Waals surface area contributed by atoms with Gasteiger partial charge in [0.25, 0.3) is 0 Å². The molecule has 5 nitrogen and oxygen atoms in total. The molecule has 1 aromatic heterocycles. The van der Waals surface area contributed by atoms with Gasteiger partial charge in [-0.2, -0.15) is 10.4 Å². The quantitative estimate of drug-likeness (QED) is 0.836. The number of anilines is 1. The highest BCUT2D eigenvalue weighted by molar-refractivity contribution is 5.37. The number of aromatic nitrogens is 2. The van der Waals surface area contributed by atoms with Crippen LogP contribution in [0.2, 0.25) is 0 Å². The molecule has 140 valence electrons. The maximum atomic E-state index is 13.2. The molecule has 2 aromatic rings.